The average molecular weight is 503 g/mol. The molecular weight excluding hydrogens is 483 g/mol. The second-order valence-corrected chi connectivity index (χ2v) is 9.88. The Kier molecular flexibility index (Phi) is 6.70. The van der Waals surface area contributed by atoms with Gasteiger partial charge in [0.1, 0.15) is 17.6 Å². The Morgan fingerprint density at radius 2 is 1.68 bits per heavy atom. The number of nitrogens with zero attached hydrogens (tertiary/aromatic N) is 2. The molecule has 3 aromatic carbocycles. The van der Waals surface area contributed by atoms with Crippen molar-refractivity contribution < 1.29 is 27.1 Å². The van der Waals surface area contributed by atoms with Crippen molar-refractivity contribution in [3.63, 3.8) is 0 Å². The van der Waals surface area contributed by atoms with Crippen LogP contribution in [0.3, 0.4) is 0 Å². The number of ether oxygens (including phenoxy) is 1. The highest BCUT2D eigenvalue weighted by Gasteiger charge is 2.47. The van der Waals surface area contributed by atoms with E-state index in [-0.39, 0.29) is 23.5 Å². The second-order valence-electron chi connectivity index (χ2n) is 7.58. The summed E-state index contributed by atoms with van der Waals surface area (Å²) in [6.07, 6.45) is -0.365. The van der Waals surface area contributed by atoms with Crippen molar-refractivity contribution >= 4 is 39.1 Å². The van der Waals surface area contributed by atoms with Crippen LogP contribution < -0.4 is 9.64 Å². The molecule has 0 saturated carbocycles. The lowest BCUT2D eigenvalue weighted by molar-refractivity contribution is -0.122. The van der Waals surface area contributed by atoms with E-state index in [0.29, 0.717) is 16.3 Å². The number of hydrogen-bond acceptors (Lipinski definition) is 5. The first-order valence-corrected chi connectivity index (χ1v) is 12.1. The van der Waals surface area contributed by atoms with Gasteiger partial charge >= 0.3 is 0 Å². The van der Waals surface area contributed by atoms with E-state index in [1.54, 1.807) is 24.3 Å². The fourth-order valence-corrected chi connectivity index (χ4v) is 5.50. The van der Waals surface area contributed by atoms with Crippen molar-refractivity contribution in [1.82, 2.24) is 4.31 Å². The topological polar surface area (TPSA) is 84.0 Å². The Labute approximate surface area is 201 Å². The molecule has 0 bridgehead atoms. The van der Waals surface area contributed by atoms with Crippen LogP contribution in [0.25, 0.3) is 0 Å². The summed E-state index contributed by atoms with van der Waals surface area (Å²) >= 11 is 6.28. The van der Waals surface area contributed by atoms with Gasteiger partial charge in [-0.3, -0.25) is 9.59 Å². The number of amides is 2. The Morgan fingerprint density at radius 3 is 2.29 bits per heavy atom. The maximum Gasteiger partial charge on any atom is 0.252 e. The summed E-state index contributed by atoms with van der Waals surface area (Å²) in [5.41, 5.74) is 0.639. The molecule has 0 radical (unpaired) electrons. The number of methoxy groups -OCH3 is 1. The molecule has 1 unspecified atom stereocenters. The van der Waals surface area contributed by atoms with Gasteiger partial charge < -0.3 is 4.74 Å². The summed E-state index contributed by atoms with van der Waals surface area (Å²) in [6, 6.07) is 15.9. The highest BCUT2D eigenvalue weighted by molar-refractivity contribution is 7.89. The Morgan fingerprint density at radius 1 is 1.03 bits per heavy atom. The standard InChI is InChI=1S/C24H20ClFN2O5S/c1-33-19-10-12-20(13-11-19)34(31,32)27(15-16-4-2-3-5-21(16)25)22-14-23(29)28(24(22)30)18-8-6-17(26)7-9-18/h2-13,22H,14-15H2,1H3. The number of imide groups is 1. The van der Waals surface area contributed by atoms with Crippen molar-refractivity contribution in [2.45, 2.75) is 23.9 Å². The van der Waals surface area contributed by atoms with Gasteiger partial charge in [-0.05, 0) is 60.2 Å². The molecule has 0 aromatic heterocycles. The number of rotatable bonds is 7. The monoisotopic (exact) mass is 502 g/mol. The Balaban J connectivity index is 1.76. The Hall–Kier alpha value is -3.27. The van der Waals surface area contributed by atoms with Crippen LogP contribution in [0.2, 0.25) is 5.02 Å². The average Bonchev–Trinajstić information content (AvgIpc) is 3.12. The smallest absolute Gasteiger partial charge is 0.252 e. The summed E-state index contributed by atoms with van der Waals surface area (Å²) in [6.45, 7) is -0.227. The number of hydrogen-bond donors (Lipinski definition) is 0. The summed E-state index contributed by atoms with van der Waals surface area (Å²) in [7, 11) is -2.78. The first-order chi connectivity index (χ1) is 16.2. The first-order valence-electron chi connectivity index (χ1n) is 10.2. The molecule has 1 aliphatic heterocycles. The number of halogens is 2. The minimum atomic E-state index is -4.23. The molecule has 1 heterocycles. The number of anilines is 1. The lowest BCUT2D eigenvalue weighted by atomic mass is 10.2. The molecule has 0 aliphatic carbocycles. The minimum Gasteiger partial charge on any atom is -0.497 e. The quantitative estimate of drug-likeness (QED) is 0.456. The normalized spacial score (nSPS) is 16.4. The molecule has 1 atom stereocenters. The summed E-state index contributed by atoms with van der Waals surface area (Å²) in [5, 5.41) is 0.324. The van der Waals surface area contributed by atoms with Crippen molar-refractivity contribution in [1.29, 1.82) is 0 Å². The molecule has 10 heteroatoms. The van der Waals surface area contributed by atoms with Crippen molar-refractivity contribution in [3.05, 3.63) is 89.2 Å². The predicted molar refractivity (Wildman–Crippen MR) is 124 cm³/mol. The van der Waals surface area contributed by atoms with Crippen LogP contribution in [-0.2, 0) is 26.2 Å². The molecule has 4 rings (SSSR count). The number of benzene rings is 3. The molecule has 176 valence electrons. The highest BCUT2D eigenvalue weighted by atomic mass is 35.5. The van der Waals surface area contributed by atoms with E-state index in [1.165, 1.54) is 43.5 Å². The molecular formula is C24H20ClFN2O5S. The fourth-order valence-electron chi connectivity index (χ4n) is 3.74. The van der Waals surface area contributed by atoms with E-state index in [2.05, 4.69) is 0 Å². The second kappa shape index (κ2) is 9.54. The van der Waals surface area contributed by atoms with Crippen LogP contribution in [0.1, 0.15) is 12.0 Å². The van der Waals surface area contributed by atoms with Crippen LogP contribution >= 0.6 is 11.6 Å². The van der Waals surface area contributed by atoms with Crippen LogP contribution in [-0.4, -0.2) is 37.7 Å². The van der Waals surface area contributed by atoms with E-state index >= 15 is 0 Å². The molecule has 3 aromatic rings. The van der Waals surface area contributed by atoms with Crippen LogP contribution in [0.5, 0.6) is 5.75 Å². The zero-order chi connectivity index (χ0) is 24.5. The van der Waals surface area contributed by atoms with E-state index in [1.807, 2.05) is 0 Å². The molecule has 2 amide bonds. The number of carbonyl (C=O) groups excluding carboxylic acids is 2. The summed E-state index contributed by atoms with van der Waals surface area (Å²) < 4.78 is 46.8. The fraction of sp³-hybridized carbons (Fsp3) is 0.167. The van der Waals surface area contributed by atoms with Crippen LogP contribution in [0.4, 0.5) is 10.1 Å². The zero-order valence-electron chi connectivity index (χ0n) is 18.0. The van der Waals surface area contributed by atoms with Gasteiger partial charge in [-0.2, -0.15) is 4.31 Å². The van der Waals surface area contributed by atoms with Gasteiger partial charge in [0.2, 0.25) is 15.9 Å². The maximum absolute atomic E-state index is 13.7. The predicted octanol–water partition coefficient (Wildman–Crippen LogP) is 4.01. The van der Waals surface area contributed by atoms with Gasteiger partial charge in [-0.15, -0.1) is 0 Å². The molecule has 0 spiro atoms. The highest BCUT2D eigenvalue weighted by Crippen LogP contribution is 2.32. The van der Waals surface area contributed by atoms with Crippen LogP contribution in [0.15, 0.2) is 77.7 Å². The third-order valence-electron chi connectivity index (χ3n) is 5.51. The minimum absolute atomic E-state index is 0.0687. The van der Waals surface area contributed by atoms with E-state index in [9.17, 15) is 22.4 Å². The molecule has 1 fully saturated rings. The maximum atomic E-state index is 13.7. The first kappa shape index (κ1) is 23.9. The lowest BCUT2D eigenvalue weighted by Gasteiger charge is -2.27. The largest absolute Gasteiger partial charge is 0.497 e. The number of carbonyl (C=O) groups is 2. The van der Waals surface area contributed by atoms with Gasteiger partial charge in [0.05, 0.1) is 24.1 Å². The Bertz CT molecular complexity index is 1330. The van der Waals surface area contributed by atoms with Crippen molar-refractivity contribution in [3.8, 4) is 5.75 Å². The third-order valence-corrected chi connectivity index (χ3v) is 7.74. The third kappa shape index (κ3) is 4.54. The van der Waals surface area contributed by atoms with E-state index in [0.717, 1.165) is 21.3 Å². The molecule has 7 nitrogen and oxygen atoms in total. The van der Waals surface area contributed by atoms with E-state index < -0.39 is 33.7 Å². The molecule has 34 heavy (non-hydrogen) atoms. The lowest BCUT2D eigenvalue weighted by Crippen LogP contribution is -2.45. The summed E-state index contributed by atoms with van der Waals surface area (Å²) in [4.78, 5) is 27.0. The molecule has 0 N–H and O–H groups in total. The molecule has 1 aliphatic rings. The van der Waals surface area contributed by atoms with Crippen LogP contribution in [0, 0.1) is 5.82 Å². The van der Waals surface area contributed by atoms with Gasteiger partial charge in [0, 0.05) is 11.6 Å². The van der Waals surface area contributed by atoms with Crippen molar-refractivity contribution in [2.75, 3.05) is 12.0 Å². The van der Waals surface area contributed by atoms with Gasteiger partial charge in [-0.1, -0.05) is 29.8 Å². The van der Waals surface area contributed by atoms with Gasteiger partial charge in [-0.25, -0.2) is 17.7 Å². The summed E-state index contributed by atoms with van der Waals surface area (Å²) in [5.74, 6) is -1.37. The van der Waals surface area contributed by atoms with E-state index in [4.69, 9.17) is 16.3 Å². The zero-order valence-corrected chi connectivity index (χ0v) is 19.6. The van der Waals surface area contributed by atoms with Crippen molar-refractivity contribution in [2.24, 2.45) is 0 Å². The molecule has 1 saturated heterocycles. The SMILES string of the molecule is COc1ccc(S(=O)(=O)N(Cc2ccccc2Cl)C2CC(=O)N(c3ccc(F)cc3)C2=O)cc1. The van der Waals surface area contributed by atoms with Gasteiger partial charge in [0.25, 0.3) is 5.91 Å². The van der Waals surface area contributed by atoms with Gasteiger partial charge in [0.15, 0.2) is 0 Å². The number of sulfonamides is 1.